The van der Waals surface area contributed by atoms with Crippen molar-refractivity contribution < 1.29 is 9.59 Å². The Bertz CT molecular complexity index is 884. The lowest BCUT2D eigenvalue weighted by Gasteiger charge is -2.22. The summed E-state index contributed by atoms with van der Waals surface area (Å²) in [6.07, 6.45) is 3.23. The third-order valence-corrected chi connectivity index (χ3v) is 4.99. The molecule has 0 spiro atoms. The first-order chi connectivity index (χ1) is 13.0. The lowest BCUT2D eigenvalue weighted by Crippen LogP contribution is -2.47. The number of nitrogens with zero attached hydrogens (tertiary/aromatic N) is 1. The Kier molecular flexibility index (Phi) is 5.78. The second kappa shape index (κ2) is 8.24. The summed E-state index contributed by atoms with van der Waals surface area (Å²) in [5.41, 5.74) is 0.710. The molecular formula is C21H20ClN3O2. The standard InChI is InChI=1S/C21H20ClN3O2/c22-16-8-9-18(17(12-16)20(27)15-6-2-1-3-7-15)24-13-19(26)25-21(14-23)10-4-5-11-21/h1-3,6-9,12,24H,4-5,10-11,13H2,(H,25,26). The molecule has 2 aromatic carbocycles. The summed E-state index contributed by atoms with van der Waals surface area (Å²) in [6, 6.07) is 16.1. The number of halogens is 1. The van der Waals surface area contributed by atoms with Crippen molar-refractivity contribution in [2.24, 2.45) is 0 Å². The van der Waals surface area contributed by atoms with Crippen LogP contribution in [0.15, 0.2) is 48.5 Å². The van der Waals surface area contributed by atoms with Gasteiger partial charge in [-0.3, -0.25) is 9.59 Å². The average molecular weight is 382 g/mol. The maximum Gasteiger partial charge on any atom is 0.240 e. The number of benzene rings is 2. The SMILES string of the molecule is N#CC1(NC(=O)CNc2ccc(Cl)cc2C(=O)c2ccccc2)CCCC1. The third-order valence-electron chi connectivity index (χ3n) is 4.75. The Morgan fingerprint density at radius 3 is 2.48 bits per heavy atom. The van der Waals surface area contributed by atoms with Crippen LogP contribution in [0.1, 0.15) is 41.6 Å². The minimum atomic E-state index is -0.762. The van der Waals surface area contributed by atoms with Gasteiger partial charge in [0.2, 0.25) is 5.91 Å². The second-order valence-corrected chi connectivity index (χ2v) is 7.12. The molecule has 0 bridgehead atoms. The van der Waals surface area contributed by atoms with Gasteiger partial charge in [0.15, 0.2) is 5.78 Å². The summed E-state index contributed by atoms with van der Waals surface area (Å²) in [6.45, 7) is -0.0276. The van der Waals surface area contributed by atoms with E-state index < -0.39 is 5.54 Å². The molecule has 27 heavy (non-hydrogen) atoms. The number of nitrogens with one attached hydrogen (secondary N) is 2. The molecule has 1 aliphatic rings. The number of hydrogen-bond donors (Lipinski definition) is 2. The molecule has 1 aliphatic carbocycles. The van der Waals surface area contributed by atoms with Crippen LogP contribution in [0, 0.1) is 11.3 Å². The Balaban J connectivity index is 1.73. The summed E-state index contributed by atoms with van der Waals surface area (Å²) in [5, 5.41) is 15.7. The molecule has 6 heteroatoms. The minimum Gasteiger partial charge on any atom is -0.376 e. The van der Waals surface area contributed by atoms with Crippen LogP contribution in [0.4, 0.5) is 5.69 Å². The predicted molar refractivity (Wildman–Crippen MR) is 105 cm³/mol. The molecule has 0 unspecified atom stereocenters. The van der Waals surface area contributed by atoms with Gasteiger partial charge < -0.3 is 10.6 Å². The fourth-order valence-corrected chi connectivity index (χ4v) is 3.51. The van der Waals surface area contributed by atoms with E-state index in [1.165, 1.54) is 0 Å². The quantitative estimate of drug-likeness (QED) is 0.742. The first-order valence-electron chi connectivity index (χ1n) is 8.88. The van der Waals surface area contributed by atoms with Crippen LogP contribution in [0.5, 0.6) is 0 Å². The van der Waals surface area contributed by atoms with Crippen LogP contribution >= 0.6 is 11.6 Å². The van der Waals surface area contributed by atoms with Crippen molar-refractivity contribution in [1.82, 2.24) is 5.32 Å². The van der Waals surface area contributed by atoms with E-state index in [1.807, 2.05) is 6.07 Å². The molecule has 138 valence electrons. The van der Waals surface area contributed by atoms with Gasteiger partial charge >= 0.3 is 0 Å². The van der Waals surface area contributed by atoms with Gasteiger partial charge in [0.05, 0.1) is 12.6 Å². The molecule has 0 heterocycles. The Morgan fingerprint density at radius 2 is 1.81 bits per heavy atom. The predicted octanol–water partition coefficient (Wildman–Crippen LogP) is 3.94. The molecule has 2 N–H and O–H groups in total. The molecule has 0 radical (unpaired) electrons. The molecule has 0 aromatic heterocycles. The fourth-order valence-electron chi connectivity index (χ4n) is 3.33. The van der Waals surface area contributed by atoms with E-state index in [0.29, 0.717) is 34.7 Å². The highest BCUT2D eigenvalue weighted by atomic mass is 35.5. The number of hydrogen-bond acceptors (Lipinski definition) is 4. The lowest BCUT2D eigenvalue weighted by molar-refractivity contribution is -0.120. The van der Waals surface area contributed by atoms with Crippen LogP contribution in [-0.2, 0) is 4.79 Å². The van der Waals surface area contributed by atoms with Crippen molar-refractivity contribution in [3.05, 3.63) is 64.7 Å². The van der Waals surface area contributed by atoms with Gasteiger partial charge in [-0.2, -0.15) is 5.26 Å². The fraction of sp³-hybridized carbons (Fsp3) is 0.286. The number of nitriles is 1. The molecular weight excluding hydrogens is 362 g/mol. The van der Waals surface area contributed by atoms with Crippen molar-refractivity contribution in [2.45, 2.75) is 31.2 Å². The van der Waals surface area contributed by atoms with Gasteiger partial charge in [-0.25, -0.2) is 0 Å². The van der Waals surface area contributed by atoms with E-state index in [9.17, 15) is 14.9 Å². The summed E-state index contributed by atoms with van der Waals surface area (Å²) in [5.74, 6) is -0.447. The van der Waals surface area contributed by atoms with Crippen molar-refractivity contribution >= 4 is 29.0 Å². The van der Waals surface area contributed by atoms with Crippen molar-refractivity contribution in [1.29, 1.82) is 5.26 Å². The Hall–Kier alpha value is -2.84. The Morgan fingerprint density at radius 1 is 1.11 bits per heavy atom. The zero-order valence-electron chi connectivity index (χ0n) is 14.8. The highest BCUT2D eigenvalue weighted by Gasteiger charge is 2.35. The molecule has 0 aliphatic heterocycles. The number of rotatable bonds is 6. The van der Waals surface area contributed by atoms with Gasteiger partial charge in [0, 0.05) is 21.8 Å². The first-order valence-corrected chi connectivity index (χ1v) is 9.26. The van der Waals surface area contributed by atoms with Gasteiger partial charge in [-0.15, -0.1) is 0 Å². The topological polar surface area (TPSA) is 82.0 Å². The number of carbonyl (C=O) groups is 2. The van der Waals surface area contributed by atoms with Gasteiger partial charge in [0.1, 0.15) is 5.54 Å². The highest BCUT2D eigenvalue weighted by Crippen LogP contribution is 2.29. The smallest absolute Gasteiger partial charge is 0.240 e. The summed E-state index contributed by atoms with van der Waals surface area (Å²) < 4.78 is 0. The molecule has 3 rings (SSSR count). The maximum absolute atomic E-state index is 12.8. The average Bonchev–Trinajstić information content (AvgIpc) is 3.16. The van der Waals surface area contributed by atoms with Crippen molar-refractivity contribution in [3.8, 4) is 6.07 Å². The highest BCUT2D eigenvalue weighted by molar-refractivity contribution is 6.31. The normalized spacial score (nSPS) is 15.0. The zero-order chi connectivity index (χ0) is 19.3. The molecule has 0 saturated heterocycles. The summed E-state index contributed by atoms with van der Waals surface area (Å²) in [4.78, 5) is 25.1. The molecule has 5 nitrogen and oxygen atoms in total. The van der Waals surface area contributed by atoms with E-state index in [-0.39, 0.29) is 18.2 Å². The van der Waals surface area contributed by atoms with Crippen LogP contribution in [-0.4, -0.2) is 23.8 Å². The second-order valence-electron chi connectivity index (χ2n) is 6.69. The van der Waals surface area contributed by atoms with Gasteiger partial charge in [0.25, 0.3) is 0 Å². The minimum absolute atomic E-state index is 0.0276. The van der Waals surface area contributed by atoms with E-state index in [4.69, 9.17) is 11.6 Å². The first kappa shape index (κ1) is 18.9. The number of carbonyl (C=O) groups excluding carboxylic acids is 2. The van der Waals surface area contributed by atoms with E-state index in [0.717, 1.165) is 12.8 Å². The van der Waals surface area contributed by atoms with E-state index in [2.05, 4.69) is 16.7 Å². The molecule has 1 fully saturated rings. The summed E-state index contributed by atoms with van der Waals surface area (Å²) in [7, 11) is 0. The summed E-state index contributed by atoms with van der Waals surface area (Å²) >= 11 is 6.07. The zero-order valence-corrected chi connectivity index (χ0v) is 15.6. The maximum atomic E-state index is 12.8. The van der Waals surface area contributed by atoms with E-state index in [1.54, 1.807) is 42.5 Å². The Labute approximate surface area is 163 Å². The van der Waals surface area contributed by atoms with Gasteiger partial charge in [-0.1, -0.05) is 41.9 Å². The lowest BCUT2D eigenvalue weighted by atomic mass is 10.00. The largest absolute Gasteiger partial charge is 0.376 e. The van der Waals surface area contributed by atoms with Crippen molar-refractivity contribution in [2.75, 3.05) is 11.9 Å². The van der Waals surface area contributed by atoms with Crippen LogP contribution in [0.2, 0.25) is 5.02 Å². The molecule has 1 saturated carbocycles. The number of anilines is 1. The molecule has 1 amide bonds. The van der Waals surface area contributed by atoms with Crippen molar-refractivity contribution in [3.63, 3.8) is 0 Å². The number of ketones is 1. The van der Waals surface area contributed by atoms with E-state index >= 15 is 0 Å². The van der Waals surface area contributed by atoms with Gasteiger partial charge in [-0.05, 0) is 43.9 Å². The molecule has 2 aromatic rings. The third kappa shape index (κ3) is 4.47. The van der Waals surface area contributed by atoms with Crippen LogP contribution in [0.3, 0.4) is 0 Å². The molecule has 0 atom stereocenters. The van der Waals surface area contributed by atoms with Crippen LogP contribution < -0.4 is 10.6 Å². The monoisotopic (exact) mass is 381 g/mol. The van der Waals surface area contributed by atoms with Crippen LogP contribution in [0.25, 0.3) is 0 Å². The number of amides is 1.